The number of aliphatic hydroxyl groups is 1. The third-order valence-corrected chi connectivity index (χ3v) is 8.54. The predicted molar refractivity (Wildman–Crippen MR) is 157 cm³/mol. The largest absolute Gasteiger partial charge is 0.495 e. The summed E-state index contributed by atoms with van der Waals surface area (Å²) in [6.45, 7) is 16.7. The van der Waals surface area contributed by atoms with E-state index >= 15 is 0 Å². The summed E-state index contributed by atoms with van der Waals surface area (Å²) in [4.78, 5) is 15.2. The number of rotatable bonds is 12. The van der Waals surface area contributed by atoms with Gasteiger partial charge in [0.15, 0.2) is 0 Å². The van der Waals surface area contributed by atoms with Gasteiger partial charge in [0.1, 0.15) is 23.5 Å². The lowest BCUT2D eigenvalue weighted by Crippen LogP contribution is -2.42. The zero-order valence-electron chi connectivity index (χ0n) is 24.1. The number of hydrogen-bond donors (Lipinski definition) is 2. The highest BCUT2D eigenvalue weighted by atomic mass is 16.5. The first-order valence-corrected chi connectivity index (χ1v) is 15.2. The summed E-state index contributed by atoms with van der Waals surface area (Å²) >= 11 is 0. The fraction of sp³-hybridized carbons (Fsp3) is 0.742. The second kappa shape index (κ2) is 14.4. The van der Waals surface area contributed by atoms with Crippen molar-refractivity contribution in [3.63, 3.8) is 0 Å². The van der Waals surface area contributed by atoms with E-state index < -0.39 is 6.10 Å². The van der Waals surface area contributed by atoms with Crippen LogP contribution in [0, 0.1) is 0 Å². The molecule has 3 aliphatic rings. The normalized spacial score (nSPS) is 21.7. The van der Waals surface area contributed by atoms with E-state index in [0.29, 0.717) is 30.4 Å². The minimum absolute atomic E-state index is 0.382. The van der Waals surface area contributed by atoms with E-state index in [4.69, 9.17) is 14.7 Å². The van der Waals surface area contributed by atoms with Gasteiger partial charge in [-0.25, -0.2) is 9.97 Å². The lowest BCUT2D eigenvalue weighted by molar-refractivity contribution is 0.110. The number of piperidine rings is 1. The summed E-state index contributed by atoms with van der Waals surface area (Å²) in [5.74, 6) is 2.75. The summed E-state index contributed by atoms with van der Waals surface area (Å²) in [6.07, 6.45) is 14.9. The summed E-state index contributed by atoms with van der Waals surface area (Å²) < 4.78 is 6.14. The van der Waals surface area contributed by atoms with Gasteiger partial charge in [-0.15, -0.1) is 0 Å². The van der Waals surface area contributed by atoms with Crippen LogP contribution >= 0.6 is 0 Å². The first-order valence-electron chi connectivity index (χ1n) is 15.2. The zero-order chi connectivity index (χ0) is 26.9. The van der Waals surface area contributed by atoms with Crippen molar-refractivity contribution in [2.24, 2.45) is 0 Å². The van der Waals surface area contributed by atoms with E-state index in [-0.39, 0.29) is 0 Å². The monoisotopic (exact) mass is 525 g/mol. The van der Waals surface area contributed by atoms with E-state index in [2.05, 4.69) is 35.5 Å². The molecule has 1 atom stereocenters. The van der Waals surface area contributed by atoms with Crippen molar-refractivity contribution in [3.05, 3.63) is 29.4 Å². The van der Waals surface area contributed by atoms with E-state index in [1.807, 2.05) is 12.2 Å². The van der Waals surface area contributed by atoms with Gasteiger partial charge in [-0.2, -0.15) is 0 Å². The molecule has 0 spiro atoms. The van der Waals surface area contributed by atoms with Crippen LogP contribution in [0.25, 0.3) is 12.2 Å². The average Bonchev–Trinajstić information content (AvgIpc) is 3.44. The molecule has 1 aromatic heterocycles. The summed E-state index contributed by atoms with van der Waals surface area (Å²) in [7, 11) is 0. The molecule has 2 N–H and O–H groups in total. The summed E-state index contributed by atoms with van der Waals surface area (Å²) in [5.41, 5.74) is 1.70. The maximum absolute atomic E-state index is 10.6. The van der Waals surface area contributed by atoms with Crippen LogP contribution in [0.2, 0.25) is 0 Å². The smallest absolute Gasteiger partial charge is 0.137 e. The van der Waals surface area contributed by atoms with Crippen molar-refractivity contribution in [3.8, 4) is 0 Å². The lowest BCUT2D eigenvalue weighted by Gasteiger charge is -2.35. The number of nitrogens with one attached hydrogen (secondary N) is 1. The van der Waals surface area contributed by atoms with Crippen LogP contribution in [-0.2, 0) is 4.74 Å². The molecule has 2 aliphatic heterocycles. The van der Waals surface area contributed by atoms with Crippen molar-refractivity contribution in [1.29, 1.82) is 0 Å². The van der Waals surface area contributed by atoms with Crippen molar-refractivity contribution >= 4 is 18.0 Å². The molecule has 4 rings (SSSR count). The summed E-state index contributed by atoms with van der Waals surface area (Å²) in [6, 6.07) is 0.968. The standard InChI is InChI=1S/C31H51N5O2/c1-5-27-28(22-29(24(4)37)38-21-11-18-35-16-9-10-17-35)33-30(25-12-7-6-8-13-25)34-31(27)32-26-14-19-36(20-15-26)23(2)3/h5,22-26,37H,1,6-21H2,2-4H3,(H,32,33,34)/b29-22+. The fourth-order valence-corrected chi connectivity index (χ4v) is 6.12. The highest BCUT2D eigenvalue weighted by Crippen LogP contribution is 2.34. The number of nitrogens with zero attached hydrogens (tertiary/aromatic N) is 4. The molecule has 1 aromatic rings. The van der Waals surface area contributed by atoms with Crippen molar-refractivity contribution < 1.29 is 9.84 Å². The van der Waals surface area contributed by atoms with Crippen LogP contribution in [0.3, 0.4) is 0 Å². The van der Waals surface area contributed by atoms with E-state index in [1.165, 1.54) is 45.2 Å². The number of aromatic nitrogens is 2. The Morgan fingerprint density at radius 3 is 2.37 bits per heavy atom. The van der Waals surface area contributed by atoms with E-state index in [1.54, 1.807) is 6.92 Å². The molecule has 1 unspecified atom stereocenters. The van der Waals surface area contributed by atoms with Crippen LogP contribution in [0.4, 0.5) is 5.82 Å². The minimum Gasteiger partial charge on any atom is -0.495 e. The Bertz CT molecular complexity index is 911. The third-order valence-electron chi connectivity index (χ3n) is 8.54. The van der Waals surface area contributed by atoms with E-state index in [0.717, 1.165) is 74.6 Å². The molecule has 7 nitrogen and oxygen atoms in total. The molecule has 38 heavy (non-hydrogen) atoms. The van der Waals surface area contributed by atoms with Crippen LogP contribution in [0.5, 0.6) is 0 Å². The lowest BCUT2D eigenvalue weighted by atomic mass is 9.88. The van der Waals surface area contributed by atoms with Crippen LogP contribution < -0.4 is 5.32 Å². The Hall–Kier alpha value is -1.96. The van der Waals surface area contributed by atoms with Gasteiger partial charge in [-0.1, -0.05) is 31.9 Å². The maximum Gasteiger partial charge on any atom is 0.137 e. The Morgan fingerprint density at radius 2 is 1.74 bits per heavy atom. The highest BCUT2D eigenvalue weighted by Gasteiger charge is 2.25. The Balaban J connectivity index is 1.55. The van der Waals surface area contributed by atoms with Crippen molar-refractivity contribution in [2.75, 3.05) is 44.6 Å². The first kappa shape index (κ1) is 29.0. The molecular formula is C31H51N5O2. The molecule has 0 amide bonds. The Kier molecular flexibility index (Phi) is 11.0. The number of hydrogen-bond acceptors (Lipinski definition) is 7. The molecule has 1 aliphatic carbocycles. The Morgan fingerprint density at radius 1 is 1.03 bits per heavy atom. The topological polar surface area (TPSA) is 73.8 Å². The number of likely N-dealkylation sites (tertiary alicyclic amines) is 2. The molecule has 0 bridgehead atoms. The maximum atomic E-state index is 10.6. The summed E-state index contributed by atoms with van der Waals surface area (Å²) in [5, 5.41) is 14.4. The molecule has 0 aromatic carbocycles. The predicted octanol–water partition coefficient (Wildman–Crippen LogP) is 5.68. The van der Waals surface area contributed by atoms with Gasteiger partial charge >= 0.3 is 0 Å². The van der Waals surface area contributed by atoms with Crippen molar-refractivity contribution in [2.45, 2.75) is 109 Å². The number of anilines is 1. The number of ether oxygens (including phenoxy) is 1. The van der Waals surface area contributed by atoms with Gasteiger partial charge in [-0.3, -0.25) is 0 Å². The zero-order valence-corrected chi connectivity index (χ0v) is 24.1. The highest BCUT2D eigenvalue weighted by molar-refractivity contribution is 5.71. The van der Waals surface area contributed by atoms with Gasteiger partial charge < -0.3 is 25.0 Å². The SMILES string of the molecule is C=Cc1c(/C=C(/OCCCN2CCCC2)C(C)O)nc(C2CCCCC2)nc1NC1CCN(C(C)C)CC1. The molecule has 7 heteroatoms. The van der Waals surface area contributed by atoms with Crippen LogP contribution in [0.15, 0.2) is 12.3 Å². The van der Waals surface area contributed by atoms with Gasteiger partial charge in [0, 0.05) is 49.3 Å². The van der Waals surface area contributed by atoms with Gasteiger partial charge in [0.25, 0.3) is 0 Å². The molecule has 3 fully saturated rings. The minimum atomic E-state index is -0.704. The van der Waals surface area contributed by atoms with Gasteiger partial charge in [-0.05, 0) is 78.8 Å². The van der Waals surface area contributed by atoms with Crippen LogP contribution in [0.1, 0.15) is 108 Å². The van der Waals surface area contributed by atoms with Gasteiger partial charge in [0.2, 0.25) is 0 Å². The second-order valence-corrected chi connectivity index (χ2v) is 11.8. The third kappa shape index (κ3) is 8.03. The van der Waals surface area contributed by atoms with Crippen LogP contribution in [-0.4, -0.2) is 82.4 Å². The molecule has 3 heterocycles. The molecule has 212 valence electrons. The number of aliphatic hydroxyl groups excluding tert-OH is 1. The Labute approximate surface area is 230 Å². The molecular weight excluding hydrogens is 474 g/mol. The second-order valence-electron chi connectivity index (χ2n) is 11.8. The van der Waals surface area contributed by atoms with Crippen molar-refractivity contribution in [1.82, 2.24) is 19.8 Å². The first-order chi connectivity index (χ1) is 18.4. The molecule has 1 saturated carbocycles. The fourth-order valence-electron chi connectivity index (χ4n) is 6.12. The molecule has 2 saturated heterocycles. The quantitative estimate of drug-likeness (QED) is 0.269. The molecule has 0 radical (unpaired) electrons. The van der Waals surface area contributed by atoms with Gasteiger partial charge in [0.05, 0.1) is 12.3 Å². The average molecular weight is 526 g/mol. The van der Waals surface area contributed by atoms with E-state index in [9.17, 15) is 5.11 Å².